The molecule has 294 valence electrons. The Balaban J connectivity index is 1.80. The number of hydrogen-bond donors (Lipinski definition) is 10. The summed E-state index contributed by atoms with van der Waals surface area (Å²) in [5.74, 6) is 0. The fraction of sp³-hybridized carbons (Fsp3) is 0.850. The van der Waals surface area contributed by atoms with Gasteiger partial charge in [0.05, 0.1) is 0 Å². The molecule has 0 atom stereocenters. The van der Waals surface area contributed by atoms with E-state index in [0.717, 1.165) is 131 Å². The van der Waals surface area contributed by atoms with E-state index in [9.17, 15) is 0 Å². The van der Waals surface area contributed by atoms with Gasteiger partial charge in [0, 0.05) is 13.1 Å². The van der Waals surface area contributed by atoms with Crippen molar-refractivity contribution in [2.75, 3.05) is 105 Å². The Labute approximate surface area is 309 Å². The van der Waals surface area contributed by atoms with Crippen molar-refractivity contribution in [1.29, 1.82) is 0 Å². The van der Waals surface area contributed by atoms with Crippen molar-refractivity contribution in [3.05, 3.63) is 35.4 Å². The molecule has 1 aromatic rings. The van der Waals surface area contributed by atoms with Gasteiger partial charge >= 0.3 is 0 Å². The van der Waals surface area contributed by atoms with Gasteiger partial charge in [-0.25, -0.2) is 0 Å². The quantitative estimate of drug-likeness (QED) is 0.0459. The maximum absolute atomic E-state index is 5.52. The van der Waals surface area contributed by atoms with E-state index in [4.69, 9.17) is 11.5 Å². The van der Waals surface area contributed by atoms with Crippen LogP contribution in [0.3, 0.4) is 0 Å². The summed E-state index contributed by atoms with van der Waals surface area (Å²) >= 11 is 0. The Kier molecular flexibility index (Phi) is 38.0. The minimum absolute atomic E-state index is 0.809. The predicted molar refractivity (Wildman–Crippen MR) is 219 cm³/mol. The molecule has 0 bridgehead atoms. The van der Waals surface area contributed by atoms with Gasteiger partial charge < -0.3 is 54.0 Å². The summed E-state index contributed by atoms with van der Waals surface area (Å²) in [4.78, 5) is 0. The minimum atomic E-state index is 0.809. The molecule has 0 aliphatic rings. The maximum Gasteiger partial charge on any atom is 0.0205 e. The summed E-state index contributed by atoms with van der Waals surface area (Å²) in [6.07, 6.45) is 19.6. The van der Waals surface area contributed by atoms with Gasteiger partial charge in [-0.2, -0.15) is 0 Å². The molecule has 0 saturated carbocycles. The molecule has 0 unspecified atom stereocenters. The molecule has 0 spiro atoms. The van der Waals surface area contributed by atoms with Gasteiger partial charge in [-0.3, -0.25) is 0 Å². The molecule has 0 aromatic heterocycles. The molecule has 0 aliphatic heterocycles. The van der Waals surface area contributed by atoms with Crippen molar-refractivity contribution in [3.63, 3.8) is 0 Å². The zero-order chi connectivity index (χ0) is 35.7. The van der Waals surface area contributed by atoms with Crippen LogP contribution in [0.1, 0.15) is 114 Å². The molecule has 10 nitrogen and oxygen atoms in total. The first-order valence-electron chi connectivity index (χ1n) is 21.0. The summed E-state index contributed by atoms with van der Waals surface area (Å²) in [7, 11) is 0. The Morgan fingerprint density at radius 3 is 0.760 bits per heavy atom. The topological polar surface area (TPSA) is 148 Å². The van der Waals surface area contributed by atoms with E-state index in [2.05, 4.69) is 66.8 Å². The van der Waals surface area contributed by atoms with E-state index in [-0.39, 0.29) is 0 Å². The van der Waals surface area contributed by atoms with Gasteiger partial charge in [0.1, 0.15) is 0 Å². The highest BCUT2D eigenvalue weighted by molar-refractivity contribution is 5.23. The first-order chi connectivity index (χ1) is 24.9. The first-order valence-corrected chi connectivity index (χ1v) is 21.0. The van der Waals surface area contributed by atoms with E-state index in [1.807, 2.05) is 0 Å². The SMILES string of the molecule is NCCCCNCCCCNCCCCNCCCCNCc1cccc(CNCCCCNCCCCNCCCCNCCCCN)c1. The fourth-order valence-corrected chi connectivity index (χ4v) is 5.85. The molecule has 50 heavy (non-hydrogen) atoms. The lowest BCUT2D eigenvalue weighted by Crippen LogP contribution is -2.22. The lowest BCUT2D eigenvalue weighted by Gasteiger charge is -2.09. The summed E-state index contributed by atoms with van der Waals surface area (Å²) in [5.41, 5.74) is 13.8. The van der Waals surface area contributed by atoms with E-state index in [0.29, 0.717) is 0 Å². The highest BCUT2D eigenvalue weighted by Gasteiger charge is 1.99. The minimum Gasteiger partial charge on any atom is -0.330 e. The number of unbranched alkanes of at least 4 members (excludes halogenated alkanes) is 8. The van der Waals surface area contributed by atoms with Crippen LogP contribution < -0.4 is 54.0 Å². The lowest BCUT2D eigenvalue weighted by atomic mass is 10.1. The summed E-state index contributed by atoms with van der Waals surface area (Å²) in [6, 6.07) is 9.02. The zero-order valence-electron chi connectivity index (χ0n) is 32.5. The van der Waals surface area contributed by atoms with Crippen LogP contribution in [0.5, 0.6) is 0 Å². The molecule has 12 N–H and O–H groups in total. The van der Waals surface area contributed by atoms with Crippen LogP contribution in [0.2, 0.25) is 0 Å². The molecular weight excluding hydrogens is 621 g/mol. The highest BCUT2D eigenvalue weighted by atomic mass is 14.9. The normalized spacial score (nSPS) is 11.6. The van der Waals surface area contributed by atoms with Crippen LogP contribution >= 0.6 is 0 Å². The third kappa shape index (κ3) is 35.2. The predicted octanol–water partition coefficient (Wildman–Crippen LogP) is 3.56. The van der Waals surface area contributed by atoms with Gasteiger partial charge in [-0.15, -0.1) is 0 Å². The van der Waals surface area contributed by atoms with Crippen molar-refractivity contribution >= 4 is 0 Å². The third-order valence-electron chi connectivity index (χ3n) is 9.01. The monoisotopic (exact) mass is 705 g/mol. The van der Waals surface area contributed by atoms with Crippen molar-refractivity contribution in [2.45, 2.75) is 116 Å². The standard InChI is InChI=1S/C40H84N10/c41-20-1-3-22-43-24-5-7-26-45-28-9-11-30-47-32-13-15-34-49-37-39-18-17-19-40(36-39)38-50-35-16-14-33-48-31-12-10-29-46-27-8-6-25-44-23-4-2-21-42/h17-19,36,43-50H,1-16,20-35,37-38,41-42H2. The van der Waals surface area contributed by atoms with Crippen molar-refractivity contribution in [2.24, 2.45) is 11.5 Å². The summed E-state index contributed by atoms with van der Waals surface area (Å²) < 4.78 is 0. The van der Waals surface area contributed by atoms with E-state index in [1.165, 1.54) is 101 Å². The van der Waals surface area contributed by atoms with Crippen LogP contribution in [0.25, 0.3) is 0 Å². The second-order valence-electron chi connectivity index (χ2n) is 13.9. The molecule has 0 radical (unpaired) electrons. The molecule has 0 aliphatic carbocycles. The van der Waals surface area contributed by atoms with Gasteiger partial charge in [0.2, 0.25) is 0 Å². The van der Waals surface area contributed by atoms with Gasteiger partial charge in [0.25, 0.3) is 0 Å². The Morgan fingerprint density at radius 2 is 0.520 bits per heavy atom. The molecule has 0 heterocycles. The smallest absolute Gasteiger partial charge is 0.0205 e. The van der Waals surface area contributed by atoms with Crippen LogP contribution in [-0.2, 0) is 13.1 Å². The Hall–Kier alpha value is -1.18. The summed E-state index contributed by atoms with van der Waals surface area (Å²) in [6.45, 7) is 19.2. The molecule has 1 aromatic carbocycles. The number of nitrogens with one attached hydrogen (secondary N) is 8. The highest BCUT2D eigenvalue weighted by Crippen LogP contribution is 2.05. The second kappa shape index (κ2) is 40.6. The zero-order valence-corrected chi connectivity index (χ0v) is 32.5. The Morgan fingerprint density at radius 1 is 0.300 bits per heavy atom. The number of benzene rings is 1. The van der Waals surface area contributed by atoms with Crippen molar-refractivity contribution < 1.29 is 0 Å². The van der Waals surface area contributed by atoms with E-state index in [1.54, 1.807) is 0 Å². The van der Waals surface area contributed by atoms with Crippen LogP contribution in [0, 0.1) is 0 Å². The van der Waals surface area contributed by atoms with Crippen LogP contribution in [0.15, 0.2) is 24.3 Å². The number of hydrogen-bond acceptors (Lipinski definition) is 10. The first kappa shape index (κ1) is 46.8. The largest absolute Gasteiger partial charge is 0.330 e. The van der Waals surface area contributed by atoms with E-state index < -0.39 is 0 Å². The molecule has 0 saturated heterocycles. The molecule has 10 heteroatoms. The molecular formula is C40H84N10. The maximum atomic E-state index is 5.52. The molecule has 0 fully saturated rings. The lowest BCUT2D eigenvalue weighted by molar-refractivity contribution is 0.538. The van der Waals surface area contributed by atoms with Crippen molar-refractivity contribution in [1.82, 2.24) is 42.5 Å². The Bertz CT molecular complexity index is 725. The van der Waals surface area contributed by atoms with Gasteiger partial charge in [-0.1, -0.05) is 24.3 Å². The average Bonchev–Trinajstić information content (AvgIpc) is 3.13. The second-order valence-corrected chi connectivity index (χ2v) is 13.9. The molecule has 1 rings (SSSR count). The summed E-state index contributed by atoms with van der Waals surface area (Å²) in [5, 5.41) is 28.7. The van der Waals surface area contributed by atoms with Gasteiger partial charge in [-0.05, 0) is 219 Å². The average molecular weight is 705 g/mol. The van der Waals surface area contributed by atoms with E-state index >= 15 is 0 Å². The number of rotatable bonds is 42. The van der Waals surface area contributed by atoms with Crippen molar-refractivity contribution in [3.8, 4) is 0 Å². The van der Waals surface area contributed by atoms with Gasteiger partial charge in [0.15, 0.2) is 0 Å². The fourth-order valence-electron chi connectivity index (χ4n) is 5.85. The van der Waals surface area contributed by atoms with Crippen LogP contribution in [0.4, 0.5) is 0 Å². The number of nitrogens with two attached hydrogens (primary N) is 2. The molecule has 0 amide bonds. The van der Waals surface area contributed by atoms with Crippen LogP contribution in [-0.4, -0.2) is 105 Å². The third-order valence-corrected chi connectivity index (χ3v) is 9.01.